The van der Waals surface area contributed by atoms with Crippen LogP contribution in [0.4, 0.5) is 11.4 Å². The summed E-state index contributed by atoms with van der Waals surface area (Å²) >= 11 is 0. The van der Waals surface area contributed by atoms with Gasteiger partial charge in [0.1, 0.15) is 5.84 Å². The molecule has 0 atom stereocenters. The lowest BCUT2D eigenvalue weighted by molar-refractivity contribution is 0.0680. The SMILES string of the molecule is Cl.N=C(c1ccc(N)c(N)c1)N1CCOCC1. The number of nitrogens with zero attached hydrogens (tertiary/aromatic N) is 1. The zero-order chi connectivity index (χ0) is 11.5. The number of ether oxygens (including phenoxy) is 1. The van der Waals surface area contributed by atoms with Crippen molar-refractivity contribution in [3.63, 3.8) is 0 Å². The lowest BCUT2D eigenvalue weighted by Gasteiger charge is -2.29. The fraction of sp³-hybridized carbons (Fsp3) is 0.364. The first-order valence-electron chi connectivity index (χ1n) is 5.25. The third kappa shape index (κ3) is 3.01. The standard InChI is InChI=1S/C11H16N4O.ClH/c12-9-2-1-8(7-10(9)13)11(14)15-3-5-16-6-4-15;/h1-2,7,14H,3-6,12-13H2;1H. The summed E-state index contributed by atoms with van der Waals surface area (Å²) in [6.45, 7) is 2.85. The predicted molar refractivity (Wildman–Crippen MR) is 71.7 cm³/mol. The Bertz CT molecular complexity index is 404. The summed E-state index contributed by atoms with van der Waals surface area (Å²) in [7, 11) is 0. The Morgan fingerprint density at radius 1 is 1.18 bits per heavy atom. The minimum absolute atomic E-state index is 0. The van der Waals surface area contributed by atoms with E-state index in [4.69, 9.17) is 21.6 Å². The lowest BCUT2D eigenvalue weighted by atomic mass is 10.1. The highest BCUT2D eigenvalue weighted by Gasteiger charge is 2.15. The van der Waals surface area contributed by atoms with Crippen LogP contribution < -0.4 is 11.5 Å². The third-order valence-corrected chi connectivity index (χ3v) is 2.69. The summed E-state index contributed by atoms with van der Waals surface area (Å²) in [5.74, 6) is 0.481. The Balaban J connectivity index is 0.00000144. The molecule has 1 aliphatic rings. The fourth-order valence-corrected chi connectivity index (χ4v) is 1.69. The van der Waals surface area contributed by atoms with Crippen LogP contribution in [0.2, 0.25) is 0 Å². The van der Waals surface area contributed by atoms with Crippen molar-refractivity contribution >= 4 is 29.6 Å². The van der Waals surface area contributed by atoms with Crippen molar-refractivity contribution in [1.82, 2.24) is 4.90 Å². The number of morpholine rings is 1. The van der Waals surface area contributed by atoms with Gasteiger partial charge in [0, 0.05) is 18.7 Å². The van der Waals surface area contributed by atoms with Gasteiger partial charge in [-0.05, 0) is 18.2 Å². The van der Waals surface area contributed by atoms with Crippen molar-refractivity contribution < 1.29 is 4.74 Å². The summed E-state index contributed by atoms with van der Waals surface area (Å²) < 4.78 is 5.25. The van der Waals surface area contributed by atoms with E-state index in [-0.39, 0.29) is 12.4 Å². The van der Waals surface area contributed by atoms with Gasteiger partial charge in [0.05, 0.1) is 24.6 Å². The number of hydrogen-bond acceptors (Lipinski definition) is 4. The number of anilines is 2. The first kappa shape index (κ1) is 13.6. The van der Waals surface area contributed by atoms with Crippen molar-refractivity contribution in [1.29, 1.82) is 5.41 Å². The van der Waals surface area contributed by atoms with Gasteiger partial charge in [0.15, 0.2) is 0 Å². The van der Waals surface area contributed by atoms with E-state index in [0.29, 0.717) is 30.4 Å². The maximum atomic E-state index is 8.07. The number of halogens is 1. The topological polar surface area (TPSA) is 88.4 Å². The molecule has 1 saturated heterocycles. The van der Waals surface area contributed by atoms with Gasteiger partial charge >= 0.3 is 0 Å². The summed E-state index contributed by atoms with van der Waals surface area (Å²) in [4.78, 5) is 1.98. The smallest absolute Gasteiger partial charge is 0.128 e. The maximum Gasteiger partial charge on any atom is 0.128 e. The summed E-state index contributed by atoms with van der Waals surface area (Å²) in [5, 5.41) is 8.07. The Morgan fingerprint density at radius 3 is 2.41 bits per heavy atom. The van der Waals surface area contributed by atoms with E-state index in [1.54, 1.807) is 12.1 Å². The van der Waals surface area contributed by atoms with Crippen LogP contribution in [0.15, 0.2) is 18.2 Å². The molecule has 1 fully saturated rings. The Morgan fingerprint density at radius 2 is 1.82 bits per heavy atom. The van der Waals surface area contributed by atoms with E-state index in [9.17, 15) is 0 Å². The molecule has 2 rings (SSSR count). The summed E-state index contributed by atoms with van der Waals surface area (Å²) in [5.41, 5.74) is 13.2. The third-order valence-electron chi connectivity index (χ3n) is 2.69. The van der Waals surface area contributed by atoms with Crippen LogP contribution in [0.5, 0.6) is 0 Å². The lowest BCUT2D eigenvalue weighted by Crippen LogP contribution is -2.40. The van der Waals surface area contributed by atoms with Gasteiger partial charge in [-0.25, -0.2) is 0 Å². The normalized spacial score (nSPS) is 15.2. The molecule has 0 bridgehead atoms. The minimum atomic E-state index is 0. The number of amidine groups is 1. The van der Waals surface area contributed by atoms with Gasteiger partial charge < -0.3 is 21.1 Å². The predicted octanol–water partition coefficient (Wildman–Crippen LogP) is 0.930. The van der Waals surface area contributed by atoms with E-state index in [1.807, 2.05) is 11.0 Å². The van der Waals surface area contributed by atoms with Gasteiger partial charge in [0.2, 0.25) is 0 Å². The quantitative estimate of drug-likeness (QED) is 0.396. The molecule has 0 amide bonds. The van der Waals surface area contributed by atoms with Crippen LogP contribution in [0.3, 0.4) is 0 Å². The highest BCUT2D eigenvalue weighted by atomic mass is 35.5. The number of hydrogen-bond donors (Lipinski definition) is 3. The fourth-order valence-electron chi connectivity index (χ4n) is 1.69. The second-order valence-corrected chi connectivity index (χ2v) is 3.79. The van der Waals surface area contributed by atoms with Crippen molar-refractivity contribution in [3.05, 3.63) is 23.8 Å². The molecular weight excluding hydrogens is 240 g/mol. The van der Waals surface area contributed by atoms with Crippen LogP contribution in [-0.2, 0) is 4.74 Å². The molecule has 1 aromatic carbocycles. The van der Waals surface area contributed by atoms with Gasteiger partial charge in [-0.15, -0.1) is 12.4 Å². The Labute approximate surface area is 107 Å². The number of benzene rings is 1. The first-order chi connectivity index (χ1) is 7.68. The molecule has 94 valence electrons. The molecule has 0 radical (unpaired) electrons. The Kier molecular flexibility index (Phi) is 4.60. The number of nitrogens with one attached hydrogen (secondary N) is 1. The van der Waals surface area contributed by atoms with Gasteiger partial charge in [-0.1, -0.05) is 0 Å². The van der Waals surface area contributed by atoms with Crippen LogP contribution >= 0.6 is 12.4 Å². The Hall–Kier alpha value is -1.46. The van der Waals surface area contributed by atoms with Crippen LogP contribution in [0.25, 0.3) is 0 Å². The van der Waals surface area contributed by atoms with Crippen LogP contribution in [0, 0.1) is 5.41 Å². The largest absolute Gasteiger partial charge is 0.397 e. The summed E-state index contributed by atoms with van der Waals surface area (Å²) in [6, 6.07) is 5.30. The highest BCUT2D eigenvalue weighted by Crippen LogP contribution is 2.17. The van der Waals surface area contributed by atoms with Gasteiger partial charge in [0.25, 0.3) is 0 Å². The second kappa shape index (κ2) is 5.75. The molecule has 1 heterocycles. The van der Waals surface area contributed by atoms with E-state index < -0.39 is 0 Å². The van der Waals surface area contributed by atoms with E-state index in [2.05, 4.69) is 0 Å². The van der Waals surface area contributed by atoms with Crippen molar-refractivity contribution in [2.24, 2.45) is 0 Å². The van der Waals surface area contributed by atoms with Crippen molar-refractivity contribution in [3.8, 4) is 0 Å². The van der Waals surface area contributed by atoms with E-state index >= 15 is 0 Å². The minimum Gasteiger partial charge on any atom is -0.397 e. The monoisotopic (exact) mass is 256 g/mol. The molecule has 0 aliphatic carbocycles. The highest BCUT2D eigenvalue weighted by molar-refractivity contribution is 5.98. The maximum absolute atomic E-state index is 8.07. The number of rotatable bonds is 1. The molecule has 1 aliphatic heterocycles. The molecule has 17 heavy (non-hydrogen) atoms. The molecular formula is C11H17ClN4O. The van der Waals surface area contributed by atoms with E-state index in [1.165, 1.54) is 0 Å². The van der Waals surface area contributed by atoms with E-state index in [0.717, 1.165) is 18.7 Å². The number of nitrogen functional groups attached to an aromatic ring is 2. The van der Waals surface area contributed by atoms with Crippen LogP contribution in [-0.4, -0.2) is 37.0 Å². The second-order valence-electron chi connectivity index (χ2n) is 3.79. The molecule has 5 nitrogen and oxygen atoms in total. The molecule has 6 heteroatoms. The molecule has 1 aromatic rings. The molecule has 0 saturated carbocycles. The summed E-state index contributed by atoms with van der Waals surface area (Å²) in [6.07, 6.45) is 0. The first-order valence-corrected chi connectivity index (χ1v) is 5.25. The zero-order valence-corrected chi connectivity index (χ0v) is 10.3. The molecule has 0 spiro atoms. The average Bonchev–Trinajstić information content (AvgIpc) is 2.33. The molecule has 0 aromatic heterocycles. The van der Waals surface area contributed by atoms with Gasteiger partial charge in [-0.2, -0.15) is 0 Å². The zero-order valence-electron chi connectivity index (χ0n) is 9.48. The van der Waals surface area contributed by atoms with Crippen molar-refractivity contribution in [2.75, 3.05) is 37.8 Å². The average molecular weight is 257 g/mol. The van der Waals surface area contributed by atoms with Gasteiger partial charge in [-0.3, -0.25) is 5.41 Å². The van der Waals surface area contributed by atoms with Crippen LogP contribution in [0.1, 0.15) is 5.56 Å². The molecule has 5 N–H and O–H groups in total. The number of nitrogens with two attached hydrogens (primary N) is 2. The molecule has 0 unspecified atom stereocenters. The van der Waals surface area contributed by atoms with Crippen molar-refractivity contribution in [2.45, 2.75) is 0 Å².